The van der Waals surface area contributed by atoms with E-state index in [4.69, 9.17) is 22.1 Å². The summed E-state index contributed by atoms with van der Waals surface area (Å²) >= 11 is 6.50. The number of hydrogen-bond donors (Lipinski definition) is 1. The molecule has 0 aliphatic heterocycles. The lowest BCUT2D eigenvalue weighted by atomic mass is 9.94. The summed E-state index contributed by atoms with van der Waals surface area (Å²) in [5.74, 6) is 0.603. The third-order valence-corrected chi connectivity index (χ3v) is 4.21. The predicted octanol–water partition coefficient (Wildman–Crippen LogP) is 2.89. The average molecular weight is 263 g/mol. The number of fused-ring (bicyclic) bond motifs is 1. The fourth-order valence-corrected chi connectivity index (χ4v) is 2.83. The number of hydrogen-bond acceptors (Lipinski definition) is 3. The molecule has 0 unspecified atom stereocenters. The molecule has 1 aromatic heterocycles. The van der Waals surface area contributed by atoms with E-state index in [1.807, 2.05) is 18.2 Å². The summed E-state index contributed by atoms with van der Waals surface area (Å²) in [5, 5.41) is 1.75. The number of aromatic nitrogens is 1. The Morgan fingerprint density at radius 1 is 1.33 bits per heavy atom. The highest BCUT2D eigenvalue weighted by Gasteiger charge is 2.44. The van der Waals surface area contributed by atoms with Crippen molar-refractivity contribution >= 4 is 22.5 Å². The Morgan fingerprint density at radius 2 is 2.11 bits per heavy atom. The maximum absolute atomic E-state index is 6.50. The minimum absolute atomic E-state index is 0.102. The van der Waals surface area contributed by atoms with Crippen molar-refractivity contribution in [1.82, 2.24) is 4.98 Å². The molecule has 1 heterocycles. The molecule has 3 rings (SSSR count). The van der Waals surface area contributed by atoms with E-state index in [2.05, 4.69) is 11.1 Å². The third kappa shape index (κ3) is 1.66. The van der Waals surface area contributed by atoms with Crippen LogP contribution in [0.4, 0.5) is 0 Å². The van der Waals surface area contributed by atoms with E-state index in [0.717, 1.165) is 34.3 Å². The van der Waals surface area contributed by atoms with Crippen molar-refractivity contribution in [1.29, 1.82) is 0 Å². The number of rotatable bonds is 3. The van der Waals surface area contributed by atoms with Gasteiger partial charge >= 0.3 is 0 Å². The first kappa shape index (κ1) is 11.8. The highest BCUT2D eigenvalue weighted by atomic mass is 35.5. The van der Waals surface area contributed by atoms with Crippen LogP contribution < -0.4 is 10.5 Å². The highest BCUT2D eigenvalue weighted by molar-refractivity contribution is 6.36. The zero-order chi connectivity index (χ0) is 12.8. The Hall–Kier alpha value is -1.32. The van der Waals surface area contributed by atoms with Crippen LogP contribution in [0.5, 0.6) is 5.88 Å². The molecule has 94 valence electrons. The molecule has 0 atom stereocenters. The molecule has 2 aromatic rings. The Bertz CT molecular complexity index is 608. The minimum Gasteiger partial charge on any atom is -0.481 e. The van der Waals surface area contributed by atoms with Gasteiger partial charge in [0.1, 0.15) is 0 Å². The molecule has 4 heteroatoms. The molecule has 1 aliphatic rings. The van der Waals surface area contributed by atoms with Crippen LogP contribution in [-0.2, 0) is 5.41 Å². The summed E-state index contributed by atoms with van der Waals surface area (Å²) in [7, 11) is 1.61. The van der Waals surface area contributed by atoms with Gasteiger partial charge < -0.3 is 10.5 Å². The Morgan fingerprint density at radius 3 is 2.72 bits per heavy atom. The van der Waals surface area contributed by atoms with E-state index in [1.165, 1.54) is 0 Å². The number of benzene rings is 1. The van der Waals surface area contributed by atoms with Crippen LogP contribution in [0.15, 0.2) is 24.3 Å². The zero-order valence-electron chi connectivity index (χ0n) is 10.2. The molecule has 0 saturated heterocycles. The van der Waals surface area contributed by atoms with Crippen LogP contribution in [0.2, 0.25) is 5.02 Å². The first-order valence-corrected chi connectivity index (χ1v) is 6.42. The lowest BCUT2D eigenvalue weighted by Crippen LogP contribution is -2.20. The van der Waals surface area contributed by atoms with E-state index in [0.29, 0.717) is 12.4 Å². The van der Waals surface area contributed by atoms with Gasteiger partial charge in [-0.1, -0.05) is 17.7 Å². The quantitative estimate of drug-likeness (QED) is 0.925. The summed E-state index contributed by atoms with van der Waals surface area (Å²) < 4.78 is 5.12. The van der Waals surface area contributed by atoms with Crippen molar-refractivity contribution in [3.05, 3.63) is 34.9 Å². The highest BCUT2D eigenvalue weighted by Crippen LogP contribution is 2.50. The van der Waals surface area contributed by atoms with Crippen LogP contribution in [0.25, 0.3) is 10.9 Å². The summed E-state index contributed by atoms with van der Waals surface area (Å²) in [6.07, 6.45) is 2.25. The standard InChI is InChI=1S/C14H15ClN2O/c1-18-12-5-2-9-11(17-12)4-3-10(13(9)15)14(8-16)6-7-14/h2-5H,6-8,16H2,1H3. The maximum Gasteiger partial charge on any atom is 0.213 e. The lowest BCUT2D eigenvalue weighted by Gasteiger charge is -2.16. The molecule has 0 amide bonds. The number of nitrogens with zero attached hydrogens (tertiary/aromatic N) is 1. The molecule has 2 N–H and O–H groups in total. The van der Waals surface area contributed by atoms with Gasteiger partial charge in [0.25, 0.3) is 0 Å². The first-order chi connectivity index (χ1) is 8.70. The topological polar surface area (TPSA) is 48.1 Å². The Labute approximate surface area is 111 Å². The Kier molecular flexibility index (Phi) is 2.68. The molecule has 1 saturated carbocycles. The van der Waals surface area contributed by atoms with Gasteiger partial charge in [-0.15, -0.1) is 0 Å². The summed E-state index contributed by atoms with van der Waals surface area (Å²) in [6.45, 7) is 0.655. The van der Waals surface area contributed by atoms with Crippen LogP contribution in [-0.4, -0.2) is 18.6 Å². The van der Waals surface area contributed by atoms with E-state index in [-0.39, 0.29) is 5.41 Å². The van der Waals surface area contributed by atoms with Gasteiger partial charge in [0.15, 0.2) is 0 Å². The number of nitrogens with two attached hydrogens (primary N) is 1. The van der Waals surface area contributed by atoms with Crippen LogP contribution in [0, 0.1) is 0 Å². The van der Waals surface area contributed by atoms with Crippen molar-refractivity contribution in [2.24, 2.45) is 5.73 Å². The summed E-state index contributed by atoms with van der Waals surface area (Å²) in [6, 6.07) is 7.84. The molecule has 1 aromatic carbocycles. The average Bonchev–Trinajstić information content (AvgIpc) is 3.19. The minimum atomic E-state index is 0.102. The molecule has 0 bridgehead atoms. The third-order valence-electron chi connectivity index (χ3n) is 3.80. The van der Waals surface area contributed by atoms with Crippen molar-refractivity contribution in [3.8, 4) is 5.88 Å². The first-order valence-electron chi connectivity index (χ1n) is 6.04. The van der Waals surface area contributed by atoms with Gasteiger partial charge in [-0.3, -0.25) is 0 Å². The SMILES string of the molecule is COc1ccc2c(Cl)c(C3(CN)CC3)ccc2n1. The van der Waals surface area contributed by atoms with Gasteiger partial charge in [0, 0.05) is 23.4 Å². The molecule has 0 radical (unpaired) electrons. The summed E-state index contributed by atoms with van der Waals surface area (Å²) in [5.41, 5.74) is 7.98. The van der Waals surface area contributed by atoms with Crippen LogP contribution in [0.1, 0.15) is 18.4 Å². The van der Waals surface area contributed by atoms with Gasteiger partial charge in [0.2, 0.25) is 5.88 Å². The van der Waals surface area contributed by atoms with Crippen molar-refractivity contribution in [2.75, 3.05) is 13.7 Å². The molecule has 3 nitrogen and oxygen atoms in total. The molecular formula is C14H15ClN2O. The van der Waals surface area contributed by atoms with Gasteiger partial charge in [-0.05, 0) is 30.5 Å². The van der Waals surface area contributed by atoms with Crippen molar-refractivity contribution < 1.29 is 4.74 Å². The van der Waals surface area contributed by atoms with E-state index < -0.39 is 0 Å². The van der Waals surface area contributed by atoms with E-state index >= 15 is 0 Å². The van der Waals surface area contributed by atoms with E-state index in [1.54, 1.807) is 7.11 Å². The number of ether oxygens (including phenoxy) is 1. The fraction of sp³-hybridized carbons (Fsp3) is 0.357. The molecule has 1 fully saturated rings. The number of methoxy groups -OCH3 is 1. The fourth-order valence-electron chi connectivity index (χ4n) is 2.41. The zero-order valence-corrected chi connectivity index (χ0v) is 11.0. The second kappa shape index (κ2) is 4.11. The van der Waals surface area contributed by atoms with Gasteiger partial charge in [0.05, 0.1) is 17.6 Å². The lowest BCUT2D eigenvalue weighted by molar-refractivity contribution is 0.399. The second-order valence-corrected chi connectivity index (χ2v) is 5.21. The van der Waals surface area contributed by atoms with Crippen LogP contribution in [0.3, 0.4) is 0 Å². The molecule has 1 aliphatic carbocycles. The molecule has 18 heavy (non-hydrogen) atoms. The van der Waals surface area contributed by atoms with Crippen molar-refractivity contribution in [2.45, 2.75) is 18.3 Å². The molecule has 0 spiro atoms. The second-order valence-electron chi connectivity index (χ2n) is 4.83. The van der Waals surface area contributed by atoms with Gasteiger partial charge in [-0.2, -0.15) is 0 Å². The predicted molar refractivity (Wildman–Crippen MR) is 73.3 cm³/mol. The molecular weight excluding hydrogens is 248 g/mol. The monoisotopic (exact) mass is 262 g/mol. The maximum atomic E-state index is 6.50. The number of halogens is 1. The number of pyridine rings is 1. The summed E-state index contributed by atoms with van der Waals surface area (Å²) in [4.78, 5) is 4.39. The van der Waals surface area contributed by atoms with E-state index in [9.17, 15) is 0 Å². The van der Waals surface area contributed by atoms with Gasteiger partial charge in [-0.25, -0.2) is 4.98 Å². The largest absolute Gasteiger partial charge is 0.481 e. The van der Waals surface area contributed by atoms with Crippen molar-refractivity contribution in [3.63, 3.8) is 0 Å². The smallest absolute Gasteiger partial charge is 0.213 e. The Balaban J connectivity index is 2.18. The van der Waals surface area contributed by atoms with Crippen LogP contribution >= 0.6 is 11.6 Å². The normalized spacial score (nSPS) is 16.8.